The van der Waals surface area contributed by atoms with Crippen molar-refractivity contribution in [1.82, 2.24) is 5.32 Å². The van der Waals surface area contributed by atoms with Gasteiger partial charge in [-0.15, -0.1) is 0 Å². The standard InChI is InChI=1S/C15H29N/c1-4-12(5-2)10-15(3,13-6-7-13)11-16-14-8-9-14/h12-14,16H,4-11H2,1-3H3. The van der Waals surface area contributed by atoms with Gasteiger partial charge in [-0.25, -0.2) is 0 Å². The van der Waals surface area contributed by atoms with Crippen molar-refractivity contribution >= 4 is 0 Å². The van der Waals surface area contributed by atoms with Gasteiger partial charge in [-0.1, -0.05) is 33.6 Å². The summed E-state index contributed by atoms with van der Waals surface area (Å²) in [5.41, 5.74) is 0.597. The van der Waals surface area contributed by atoms with Crippen LogP contribution >= 0.6 is 0 Å². The second-order valence-electron chi connectivity index (χ2n) is 6.47. The number of hydrogen-bond acceptors (Lipinski definition) is 1. The van der Waals surface area contributed by atoms with Crippen molar-refractivity contribution in [3.8, 4) is 0 Å². The first-order valence-electron chi connectivity index (χ1n) is 7.41. The molecule has 2 saturated carbocycles. The molecule has 0 aromatic carbocycles. The van der Waals surface area contributed by atoms with Gasteiger partial charge < -0.3 is 5.32 Å². The van der Waals surface area contributed by atoms with Gasteiger partial charge in [0.1, 0.15) is 0 Å². The lowest BCUT2D eigenvalue weighted by molar-refractivity contribution is 0.187. The lowest BCUT2D eigenvalue weighted by atomic mass is 9.75. The Morgan fingerprint density at radius 1 is 1.12 bits per heavy atom. The number of rotatable bonds is 8. The topological polar surface area (TPSA) is 12.0 Å². The smallest absolute Gasteiger partial charge is 0.00684 e. The maximum absolute atomic E-state index is 3.77. The van der Waals surface area contributed by atoms with Gasteiger partial charge in [0.25, 0.3) is 0 Å². The van der Waals surface area contributed by atoms with E-state index in [0.29, 0.717) is 5.41 Å². The molecule has 2 fully saturated rings. The molecule has 1 nitrogen and oxygen atoms in total. The Morgan fingerprint density at radius 2 is 1.75 bits per heavy atom. The zero-order valence-corrected chi connectivity index (χ0v) is 11.4. The van der Waals surface area contributed by atoms with Crippen LogP contribution in [0.5, 0.6) is 0 Å². The largest absolute Gasteiger partial charge is 0.313 e. The van der Waals surface area contributed by atoms with Gasteiger partial charge in [-0.3, -0.25) is 0 Å². The highest BCUT2D eigenvalue weighted by atomic mass is 15.0. The molecular weight excluding hydrogens is 194 g/mol. The van der Waals surface area contributed by atoms with Crippen LogP contribution in [0.25, 0.3) is 0 Å². The number of hydrogen-bond donors (Lipinski definition) is 1. The fraction of sp³-hybridized carbons (Fsp3) is 1.00. The molecular formula is C15H29N. The summed E-state index contributed by atoms with van der Waals surface area (Å²) in [7, 11) is 0. The van der Waals surface area contributed by atoms with E-state index < -0.39 is 0 Å². The lowest BCUT2D eigenvalue weighted by Crippen LogP contribution is -2.36. The predicted octanol–water partition coefficient (Wildman–Crippen LogP) is 3.98. The molecule has 94 valence electrons. The molecule has 0 saturated heterocycles. The highest BCUT2D eigenvalue weighted by molar-refractivity contribution is 4.95. The van der Waals surface area contributed by atoms with E-state index >= 15 is 0 Å². The van der Waals surface area contributed by atoms with Gasteiger partial charge in [0.2, 0.25) is 0 Å². The normalized spacial score (nSPS) is 24.8. The van der Waals surface area contributed by atoms with Crippen LogP contribution in [0.3, 0.4) is 0 Å². The summed E-state index contributed by atoms with van der Waals surface area (Å²) in [5, 5.41) is 3.77. The third-order valence-electron chi connectivity index (χ3n) is 4.84. The first-order chi connectivity index (χ1) is 7.68. The number of nitrogens with one attached hydrogen (secondary N) is 1. The fourth-order valence-corrected chi connectivity index (χ4v) is 3.07. The minimum absolute atomic E-state index is 0.597. The predicted molar refractivity (Wildman–Crippen MR) is 70.5 cm³/mol. The molecule has 0 aliphatic heterocycles. The van der Waals surface area contributed by atoms with Crippen molar-refractivity contribution in [2.24, 2.45) is 17.3 Å². The van der Waals surface area contributed by atoms with Crippen LogP contribution < -0.4 is 5.32 Å². The SMILES string of the molecule is CCC(CC)CC(C)(CNC1CC1)C1CC1. The molecule has 2 aliphatic carbocycles. The second-order valence-corrected chi connectivity index (χ2v) is 6.47. The minimum Gasteiger partial charge on any atom is -0.313 e. The highest BCUT2D eigenvalue weighted by Gasteiger charge is 2.42. The van der Waals surface area contributed by atoms with E-state index in [4.69, 9.17) is 0 Å². The summed E-state index contributed by atoms with van der Waals surface area (Å²) in [6, 6.07) is 0.875. The molecule has 0 spiro atoms. The zero-order valence-electron chi connectivity index (χ0n) is 11.4. The van der Waals surface area contributed by atoms with Crippen molar-refractivity contribution in [1.29, 1.82) is 0 Å². The molecule has 1 N–H and O–H groups in total. The Hall–Kier alpha value is -0.0400. The van der Waals surface area contributed by atoms with Crippen LogP contribution in [0, 0.1) is 17.3 Å². The van der Waals surface area contributed by atoms with Gasteiger partial charge in [-0.05, 0) is 49.4 Å². The van der Waals surface area contributed by atoms with Crippen LogP contribution in [0.1, 0.15) is 65.7 Å². The summed E-state index contributed by atoms with van der Waals surface area (Å²) >= 11 is 0. The Bertz CT molecular complexity index is 213. The second kappa shape index (κ2) is 5.08. The molecule has 2 rings (SSSR count). The maximum atomic E-state index is 3.77. The van der Waals surface area contributed by atoms with Crippen molar-refractivity contribution < 1.29 is 0 Å². The van der Waals surface area contributed by atoms with Gasteiger partial charge >= 0.3 is 0 Å². The average Bonchev–Trinajstić information content (AvgIpc) is 3.16. The van der Waals surface area contributed by atoms with Gasteiger partial charge in [-0.2, -0.15) is 0 Å². The van der Waals surface area contributed by atoms with E-state index in [-0.39, 0.29) is 0 Å². The van der Waals surface area contributed by atoms with Crippen molar-refractivity contribution in [2.75, 3.05) is 6.54 Å². The maximum Gasteiger partial charge on any atom is 0.00684 e. The molecule has 0 heterocycles. The van der Waals surface area contributed by atoms with Crippen molar-refractivity contribution in [2.45, 2.75) is 71.8 Å². The monoisotopic (exact) mass is 223 g/mol. The molecule has 0 bridgehead atoms. The Balaban J connectivity index is 1.85. The molecule has 1 atom stereocenters. The van der Waals surface area contributed by atoms with E-state index in [2.05, 4.69) is 26.1 Å². The van der Waals surface area contributed by atoms with Gasteiger partial charge in [0.05, 0.1) is 0 Å². The van der Waals surface area contributed by atoms with Gasteiger partial charge in [0.15, 0.2) is 0 Å². The average molecular weight is 223 g/mol. The molecule has 2 aliphatic rings. The molecule has 1 heteroatoms. The van der Waals surface area contributed by atoms with E-state index in [0.717, 1.165) is 17.9 Å². The van der Waals surface area contributed by atoms with Crippen LogP contribution in [0.2, 0.25) is 0 Å². The fourth-order valence-electron chi connectivity index (χ4n) is 3.07. The first-order valence-corrected chi connectivity index (χ1v) is 7.41. The van der Waals surface area contributed by atoms with Crippen molar-refractivity contribution in [3.63, 3.8) is 0 Å². The lowest BCUT2D eigenvalue weighted by Gasteiger charge is -2.33. The summed E-state index contributed by atoms with van der Waals surface area (Å²) in [6.45, 7) is 8.53. The Labute approximate surface area is 101 Å². The van der Waals surface area contributed by atoms with Crippen LogP contribution in [0.4, 0.5) is 0 Å². The third-order valence-corrected chi connectivity index (χ3v) is 4.84. The Morgan fingerprint density at radius 3 is 2.19 bits per heavy atom. The van der Waals surface area contributed by atoms with Crippen LogP contribution in [-0.4, -0.2) is 12.6 Å². The van der Waals surface area contributed by atoms with E-state index in [1.165, 1.54) is 51.5 Å². The summed E-state index contributed by atoms with van der Waals surface area (Å²) in [6.07, 6.45) is 10.00. The summed E-state index contributed by atoms with van der Waals surface area (Å²) in [4.78, 5) is 0. The minimum atomic E-state index is 0.597. The van der Waals surface area contributed by atoms with Crippen molar-refractivity contribution in [3.05, 3.63) is 0 Å². The van der Waals surface area contributed by atoms with E-state index in [1.54, 1.807) is 0 Å². The Kier molecular flexibility index (Phi) is 3.94. The molecule has 16 heavy (non-hydrogen) atoms. The molecule has 0 amide bonds. The van der Waals surface area contributed by atoms with Gasteiger partial charge in [0, 0.05) is 12.6 Å². The summed E-state index contributed by atoms with van der Waals surface area (Å²) in [5.74, 6) is 1.98. The zero-order chi connectivity index (χ0) is 11.6. The third kappa shape index (κ3) is 3.23. The van der Waals surface area contributed by atoms with E-state index in [9.17, 15) is 0 Å². The summed E-state index contributed by atoms with van der Waals surface area (Å²) < 4.78 is 0. The van der Waals surface area contributed by atoms with Crippen LogP contribution in [-0.2, 0) is 0 Å². The molecule has 0 radical (unpaired) electrons. The first kappa shape index (κ1) is 12.4. The quantitative estimate of drug-likeness (QED) is 0.656. The van der Waals surface area contributed by atoms with E-state index in [1.807, 2.05) is 0 Å². The molecule has 0 aromatic rings. The van der Waals surface area contributed by atoms with Crippen LogP contribution in [0.15, 0.2) is 0 Å². The highest BCUT2D eigenvalue weighted by Crippen LogP contribution is 2.49. The molecule has 0 aromatic heterocycles. The molecule has 1 unspecified atom stereocenters.